The molecule has 0 saturated carbocycles. The molecule has 0 N–H and O–H groups in total. The summed E-state index contributed by atoms with van der Waals surface area (Å²) in [5.74, 6) is 0.219. The number of carbonyl (C=O) groups excluding carboxylic acids is 2. The van der Waals surface area contributed by atoms with Gasteiger partial charge in [0.1, 0.15) is 0 Å². The highest BCUT2D eigenvalue weighted by atomic mass is 16.5. The Morgan fingerprint density at radius 2 is 1.68 bits per heavy atom. The maximum atomic E-state index is 13.4. The molecule has 1 spiro atoms. The van der Waals surface area contributed by atoms with Crippen molar-refractivity contribution in [1.82, 2.24) is 9.80 Å². The van der Waals surface area contributed by atoms with E-state index in [0.29, 0.717) is 32.5 Å². The third-order valence-electron chi connectivity index (χ3n) is 6.50. The average Bonchev–Trinajstić information content (AvgIpc) is 3.38. The van der Waals surface area contributed by atoms with Crippen LogP contribution in [-0.2, 0) is 14.3 Å². The average molecular weight is 376 g/mol. The number of hydrogen-bond acceptors (Lipinski definition) is 3. The summed E-state index contributed by atoms with van der Waals surface area (Å²) in [6, 6.07) is 20.2. The van der Waals surface area contributed by atoms with E-state index in [1.165, 1.54) is 0 Å². The third-order valence-corrected chi connectivity index (χ3v) is 6.50. The molecule has 2 aromatic rings. The summed E-state index contributed by atoms with van der Waals surface area (Å²) < 4.78 is 6.02. The molecule has 0 aliphatic carbocycles. The van der Waals surface area contributed by atoms with Gasteiger partial charge in [-0.3, -0.25) is 9.59 Å². The summed E-state index contributed by atoms with van der Waals surface area (Å²) in [7, 11) is 0. The fourth-order valence-electron chi connectivity index (χ4n) is 5.18. The van der Waals surface area contributed by atoms with Crippen LogP contribution in [0, 0.1) is 0 Å². The Labute approximate surface area is 164 Å². The summed E-state index contributed by atoms with van der Waals surface area (Å²) in [6.07, 6.45) is 1.50. The van der Waals surface area contributed by atoms with Gasteiger partial charge in [-0.15, -0.1) is 0 Å². The zero-order valence-corrected chi connectivity index (χ0v) is 15.8. The van der Waals surface area contributed by atoms with Crippen molar-refractivity contribution in [2.24, 2.45) is 0 Å². The Hall–Kier alpha value is -2.66. The smallest absolute Gasteiger partial charge is 0.227 e. The lowest BCUT2D eigenvalue weighted by Crippen LogP contribution is -2.48. The monoisotopic (exact) mass is 376 g/mol. The first-order valence-corrected chi connectivity index (χ1v) is 10.0. The van der Waals surface area contributed by atoms with E-state index in [4.69, 9.17) is 4.74 Å². The van der Waals surface area contributed by atoms with Crippen molar-refractivity contribution in [3.05, 3.63) is 71.8 Å². The summed E-state index contributed by atoms with van der Waals surface area (Å²) in [5, 5.41) is 0. The molecule has 2 atom stereocenters. The number of amides is 2. The van der Waals surface area contributed by atoms with Gasteiger partial charge >= 0.3 is 0 Å². The highest BCUT2D eigenvalue weighted by molar-refractivity contribution is 5.85. The Balaban J connectivity index is 1.41. The molecule has 28 heavy (non-hydrogen) atoms. The van der Waals surface area contributed by atoms with Gasteiger partial charge in [-0.1, -0.05) is 60.7 Å². The van der Waals surface area contributed by atoms with Gasteiger partial charge in [0.05, 0.1) is 19.1 Å². The topological polar surface area (TPSA) is 49.9 Å². The first-order valence-electron chi connectivity index (χ1n) is 10.0. The van der Waals surface area contributed by atoms with Crippen LogP contribution in [0.1, 0.15) is 36.3 Å². The predicted molar refractivity (Wildman–Crippen MR) is 104 cm³/mol. The second-order valence-corrected chi connectivity index (χ2v) is 7.87. The number of benzene rings is 2. The van der Waals surface area contributed by atoms with Crippen LogP contribution in [0.2, 0.25) is 0 Å². The van der Waals surface area contributed by atoms with Gasteiger partial charge < -0.3 is 14.5 Å². The van der Waals surface area contributed by atoms with Crippen molar-refractivity contribution in [1.29, 1.82) is 0 Å². The quantitative estimate of drug-likeness (QED) is 0.825. The minimum atomic E-state index is -0.568. The summed E-state index contributed by atoms with van der Waals surface area (Å²) >= 11 is 0. The molecule has 2 aromatic carbocycles. The van der Waals surface area contributed by atoms with Gasteiger partial charge in [-0.2, -0.15) is 0 Å². The van der Waals surface area contributed by atoms with Crippen molar-refractivity contribution in [3.63, 3.8) is 0 Å². The van der Waals surface area contributed by atoms with Gasteiger partial charge in [0.25, 0.3) is 0 Å². The Bertz CT molecular complexity index is 846. The summed E-state index contributed by atoms with van der Waals surface area (Å²) in [6.45, 7) is 1.87. The van der Waals surface area contributed by atoms with E-state index in [1.807, 2.05) is 46.2 Å². The van der Waals surface area contributed by atoms with Crippen LogP contribution in [0.4, 0.5) is 0 Å². The molecular formula is C23H24N2O3. The molecule has 5 heteroatoms. The Morgan fingerprint density at radius 3 is 2.32 bits per heavy atom. The predicted octanol–water partition coefficient (Wildman–Crippen LogP) is 2.77. The number of rotatable bonds is 4. The molecule has 0 aromatic heterocycles. The largest absolute Gasteiger partial charge is 0.351 e. The zero-order chi connectivity index (χ0) is 19.1. The number of ether oxygens (including phenoxy) is 1. The van der Waals surface area contributed by atoms with Gasteiger partial charge in [0.2, 0.25) is 11.8 Å². The molecule has 2 amide bonds. The van der Waals surface area contributed by atoms with E-state index in [9.17, 15) is 9.59 Å². The zero-order valence-electron chi connectivity index (χ0n) is 15.8. The normalized spacial score (nSPS) is 26.0. The second-order valence-electron chi connectivity index (χ2n) is 7.87. The standard InChI is InChI=1S/C23H24N2O3/c26-21(24-12-11-23-20(24)16-22(27)25(23)13-14-28-23)15-19(17-7-3-1-4-8-17)18-9-5-2-6-10-18/h1-10,19-20H,11-16H2/t20-,23+/m1/s1. The van der Waals surface area contributed by atoms with E-state index < -0.39 is 5.72 Å². The fourth-order valence-corrected chi connectivity index (χ4v) is 5.18. The van der Waals surface area contributed by atoms with Crippen LogP contribution >= 0.6 is 0 Å². The highest BCUT2D eigenvalue weighted by Crippen LogP contribution is 2.46. The van der Waals surface area contributed by atoms with Gasteiger partial charge in [-0.05, 0) is 11.1 Å². The van der Waals surface area contributed by atoms with Crippen LogP contribution in [0.3, 0.4) is 0 Å². The lowest BCUT2D eigenvalue weighted by Gasteiger charge is -2.32. The van der Waals surface area contributed by atoms with Crippen molar-refractivity contribution in [2.45, 2.75) is 36.9 Å². The maximum absolute atomic E-state index is 13.4. The first-order chi connectivity index (χ1) is 13.7. The first kappa shape index (κ1) is 17.4. The molecular weight excluding hydrogens is 352 g/mol. The Morgan fingerprint density at radius 1 is 1.04 bits per heavy atom. The fraction of sp³-hybridized carbons (Fsp3) is 0.391. The van der Waals surface area contributed by atoms with Gasteiger partial charge in [0, 0.05) is 31.8 Å². The summed E-state index contributed by atoms with van der Waals surface area (Å²) in [5.41, 5.74) is 1.70. The number of nitrogens with zero attached hydrogens (tertiary/aromatic N) is 2. The number of carbonyl (C=O) groups is 2. The van der Waals surface area contributed by atoms with Crippen LogP contribution in [0.15, 0.2) is 60.7 Å². The van der Waals surface area contributed by atoms with E-state index in [-0.39, 0.29) is 23.8 Å². The van der Waals surface area contributed by atoms with Crippen molar-refractivity contribution < 1.29 is 14.3 Å². The van der Waals surface area contributed by atoms with Crippen LogP contribution in [0.5, 0.6) is 0 Å². The van der Waals surface area contributed by atoms with Crippen molar-refractivity contribution in [2.75, 3.05) is 19.7 Å². The van der Waals surface area contributed by atoms with Gasteiger partial charge in [0.15, 0.2) is 5.72 Å². The molecule has 3 saturated heterocycles. The lowest BCUT2D eigenvalue weighted by atomic mass is 9.88. The lowest BCUT2D eigenvalue weighted by molar-refractivity contribution is -0.139. The third kappa shape index (κ3) is 2.65. The minimum absolute atomic E-state index is 0.00385. The second kappa shape index (κ2) is 6.74. The molecule has 3 heterocycles. The van der Waals surface area contributed by atoms with Crippen molar-refractivity contribution in [3.8, 4) is 0 Å². The SMILES string of the molecule is O=C(CC(c1ccccc1)c1ccccc1)N1CC[C@@]23OCCN2C(=O)C[C@@H]13. The molecule has 0 unspecified atom stereocenters. The van der Waals surface area contributed by atoms with Gasteiger partial charge in [-0.25, -0.2) is 0 Å². The number of hydrogen-bond donors (Lipinski definition) is 0. The van der Waals surface area contributed by atoms with Crippen LogP contribution < -0.4 is 0 Å². The molecule has 5 rings (SSSR count). The van der Waals surface area contributed by atoms with E-state index in [0.717, 1.165) is 17.5 Å². The van der Waals surface area contributed by atoms with E-state index >= 15 is 0 Å². The van der Waals surface area contributed by atoms with Crippen LogP contribution in [-0.4, -0.2) is 53.1 Å². The number of likely N-dealkylation sites (tertiary alicyclic amines) is 1. The van der Waals surface area contributed by atoms with Crippen molar-refractivity contribution >= 4 is 11.8 Å². The molecule has 5 nitrogen and oxygen atoms in total. The Kier molecular flexibility index (Phi) is 4.20. The summed E-state index contributed by atoms with van der Waals surface area (Å²) in [4.78, 5) is 29.5. The molecule has 144 valence electrons. The molecule has 3 aliphatic rings. The maximum Gasteiger partial charge on any atom is 0.227 e. The minimum Gasteiger partial charge on any atom is -0.351 e. The van der Waals surface area contributed by atoms with E-state index in [2.05, 4.69) is 24.3 Å². The molecule has 3 aliphatic heterocycles. The molecule has 0 bridgehead atoms. The van der Waals surface area contributed by atoms with Crippen LogP contribution in [0.25, 0.3) is 0 Å². The molecule has 0 radical (unpaired) electrons. The molecule has 3 fully saturated rings. The van der Waals surface area contributed by atoms with E-state index in [1.54, 1.807) is 0 Å². The highest BCUT2D eigenvalue weighted by Gasteiger charge is 2.62.